The molecular weight excluding hydrogens is 154 g/mol. The normalized spacial score (nSPS) is 6.71. The van der Waals surface area contributed by atoms with Crippen molar-refractivity contribution < 1.29 is 21.9 Å². The summed E-state index contributed by atoms with van der Waals surface area (Å²) >= 11 is 3.48. The van der Waals surface area contributed by atoms with Crippen molar-refractivity contribution >= 4 is 17.9 Å². The molecule has 0 bridgehead atoms. The number of rotatable bonds is 0. The number of amides is 1. The maximum atomic E-state index is 9.93. The molecule has 7 heavy (non-hydrogen) atoms. The summed E-state index contributed by atoms with van der Waals surface area (Å²) in [6.45, 7) is 0. The van der Waals surface area contributed by atoms with E-state index in [1.165, 1.54) is 4.90 Å². The largest absolute Gasteiger partial charge is 0.340 e. The molecule has 0 heterocycles. The van der Waals surface area contributed by atoms with Crippen LogP contribution in [0.3, 0.4) is 0 Å². The van der Waals surface area contributed by atoms with E-state index in [1.807, 2.05) is 0 Å². The zero-order valence-electron chi connectivity index (χ0n) is 4.16. The Hall–Kier alpha value is 0.339. The molecule has 1 amide bonds. The first-order valence-electron chi connectivity index (χ1n) is 1.55. The van der Waals surface area contributed by atoms with Crippen molar-refractivity contribution in [3.63, 3.8) is 0 Å². The standard InChI is InChI=1S/C3H7NOS.Fe/c1-4(2)3(5)6;/h1-2H3,(H,5,6);. The van der Waals surface area contributed by atoms with Crippen LogP contribution in [-0.4, -0.2) is 24.2 Å². The molecule has 0 aliphatic carbocycles. The van der Waals surface area contributed by atoms with Gasteiger partial charge in [-0.2, -0.15) is 0 Å². The van der Waals surface area contributed by atoms with Crippen LogP contribution < -0.4 is 0 Å². The molecule has 0 spiro atoms. The molecule has 0 N–H and O–H groups in total. The second-order valence-corrected chi connectivity index (χ2v) is 1.56. The zero-order chi connectivity index (χ0) is 5.15. The molecule has 2 nitrogen and oxygen atoms in total. The van der Waals surface area contributed by atoms with Crippen molar-refractivity contribution in [2.45, 2.75) is 0 Å². The predicted molar refractivity (Wildman–Crippen MR) is 28.1 cm³/mol. The zero-order valence-corrected chi connectivity index (χ0v) is 6.15. The maximum absolute atomic E-state index is 9.93. The fourth-order valence-electron chi connectivity index (χ4n) is 0. The Labute approximate surface area is 59.1 Å². The van der Waals surface area contributed by atoms with Crippen molar-refractivity contribution in [2.24, 2.45) is 0 Å². The van der Waals surface area contributed by atoms with E-state index in [4.69, 9.17) is 0 Å². The van der Waals surface area contributed by atoms with Crippen LogP contribution >= 0.6 is 12.6 Å². The monoisotopic (exact) mass is 161 g/mol. The van der Waals surface area contributed by atoms with Gasteiger partial charge >= 0.3 is 0 Å². The Kier molecular flexibility index (Phi) is 6.65. The summed E-state index contributed by atoms with van der Waals surface area (Å²) < 4.78 is 0. The van der Waals surface area contributed by atoms with Crippen molar-refractivity contribution in [3.8, 4) is 0 Å². The molecule has 44 valence electrons. The van der Waals surface area contributed by atoms with Gasteiger partial charge in [-0.15, -0.1) is 0 Å². The van der Waals surface area contributed by atoms with E-state index in [2.05, 4.69) is 12.6 Å². The molecule has 0 saturated heterocycles. The van der Waals surface area contributed by atoms with E-state index in [1.54, 1.807) is 14.1 Å². The van der Waals surface area contributed by atoms with E-state index in [9.17, 15) is 4.79 Å². The Morgan fingerprint density at radius 1 is 1.57 bits per heavy atom. The topological polar surface area (TPSA) is 20.3 Å². The van der Waals surface area contributed by atoms with E-state index in [0.717, 1.165) is 0 Å². The summed E-state index contributed by atoms with van der Waals surface area (Å²) in [5, 5.41) is -0.213. The number of nitrogens with zero attached hydrogens (tertiary/aromatic N) is 1. The van der Waals surface area contributed by atoms with E-state index in [-0.39, 0.29) is 22.3 Å². The van der Waals surface area contributed by atoms with Crippen LogP contribution in [0.5, 0.6) is 0 Å². The minimum atomic E-state index is -0.213. The van der Waals surface area contributed by atoms with Gasteiger partial charge in [-0.1, -0.05) is 12.6 Å². The van der Waals surface area contributed by atoms with Gasteiger partial charge in [-0.3, -0.25) is 4.79 Å². The third-order valence-electron chi connectivity index (χ3n) is 0.383. The molecule has 0 aromatic heterocycles. The Bertz CT molecular complexity index is 66.0. The summed E-state index contributed by atoms with van der Waals surface area (Å²) in [5.41, 5.74) is 0. The summed E-state index contributed by atoms with van der Waals surface area (Å²) in [4.78, 5) is 11.3. The van der Waals surface area contributed by atoms with Gasteiger partial charge in [0.05, 0.1) is 0 Å². The van der Waals surface area contributed by atoms with Gasteiger partial charge in [0.2, 0.25) is 0 Å². The SMILES string of the molecule is CN(C)C(=O)S.[Fe]. The maximum Gasteiger partial charge on any atom is 0.278 e. The molecule has 0 aromatic rings. The summed E-state index contributed by atoms with van der Waals surface area (Å²) in [5.74, 6) is 0. The van der Waals surface area contributed by atoms with Gasteiger partial charge in [0.15, 0.2) is 0 Å². The van der Waals surface area contributed by atoms with Crippen LogP contribution in [0, 0.1) is 0 Å². The van der Waals surface area contributed by atoms with E-state index in [0.29, 0.717) is 0 Å². The van der Waals surface area contributed by atoms with Gasteiger partial charge in [0.25, 0.3) is 5.24 Å². The van der Waals surface area contributed by atoms with Crippen molar-refractivity contribution in [2.75, 3.05) is 14.1 Å². The minimum absolute atomic E-state index is 0. The van der Waals surface area contributed by atoms with Crippen molar-refractivity contribution in [3.05, 3.63) is 0 Å². The molecule has 0 rings (SSSR count). The summed E-state index contributed by atoms with van der Waals surface area (Å²) in [6.07, 6.45) is 0. The molecule has 0 fully saturated rings. The fraction of sp³-hybridized carbons (Fsp3) is 0.667. The van der Waals surface area contributed by atoms with Crippen LogP contribution in [0.1, 0.15) is 0 Å². The Morgan fingerprint density at radius 2 is 1.71 bits per heavy atom. The second kappa shape index (κ2) is 4.50. The minimum Gasteiger partial charge on any atom is -0.340 e. The first-order chi connectivity index (χ1) is 2.64. The molecule has 0 unspecified atom stereocenters. The van der Waals surface area contributed by atoms with E-state index < -0.39 is 0 Å². The van der Waals surface area contributed by atoms with Gasteiger partial charge in [-0.05, 0) is 0 Å². The summed E-state index contributed by atoms with van der Waals surface area (Å²) in [6, 6.07) is 0. The third-order valence-corrected chi connectivity index (χ3v) is 0.783. The van der Waals surface area contributed by atoms with E-state index >= 15 is 0 Å². The predicted octanol–water partition coefficient (Wildman–Crippen LogP) is 0.595. The third kappa shape index (κ3) is 6.34. The molecule has 0 aliphatic rings. The number of hydrogen-bond donors (Lipinski definition) is 1. The molecular formula is C3H7FeNOS. The second-order valence-electron chi connectivity index (χ2n) is 1.18. The van der Waals surface area contributed by atoms with Gasteiger partial charge < -0.3 is 4.90 Å². The van der Waals surface area contributed by atoms with Crippen LogP contribution in [0.2, 0.25) is 0 Å². The molecule has 0 radical (unpaired) electrons. The molecule has 0 aliphatic heterocycles. The number of thiol groups is 1. The first kappa shape index (κ1) is 10.3. The average Bonchev–Trinajstić information content (AvgIpc) is 1.36. The van der Waals surface area contributed by atoms with Crippen LogP contribution in [0.25, 0.3) is 0 Å². The number of carbonyl (C=O) groups is 1. The van der Waals surface area contributed by atoms with Crippen LogP contribution in [-0.2, 0) is 17.1 Å². The van der Waals surface area contributed by atoms with Gasteiger partial charge in [-0.25, -0.2) is 0 Å². The molecule has 0 saturated carbocycles. The Morgan fingerprint density at radius 3 is 1.71 bits per heavy atom. The molecule has 0 aromatic carbocycles. The fourth-order valence-corrected chi connectivity index (χ4v) is 0. The smallest absolute Gasteiger partial charge is 0.278 e. The number of carbonyl (C=O) groups excluding carboxylic acids is 1. The van der Waals surface area contributed by atoms with Crippen LogP contribution in [0.4, 0.5) is 4.79 Å². The first-order valence-corrected chi connectivity index (χ1v) is 1.99. The quantitative estimate of drug-likeness (QED) is 0.407. The van der Waals surface area contributed by atoms with Crippen molar-refractivity contribution in [1.29, 1.82) is 0 Å². The molecule has 4 heteroatoms. The van der Waals surface area contributed by atoms with Crippen LogP contribution in [0.15, 0.2) is 0 Å². The number of hydrogen-bond acceptors (Lipinski definition) is 1. The molecule has 0 atom stereocenters. The van der Waals surface area contributed by atoms with Gasteiger partial charge in [0.1, 0.15) is 0 Å². The Balaban J connectivity index is 0. The average molecular weight is 161 g/mol. The van der Waals surface area contributed by atoms with Gasteiger partial charge in [0, 0.05) is 31.2 Å². The summed E-state index contributed by atoms with van der Waals surface area (Å²) in [7, 11) is 3.30. The van der Waals surface area contributed by atoms with Crippen molar-refractivity contribution in [1.82, 2.24) is 4.90 Å².